The van der Waals surface area contributed by atoms with Gasteiger partial charge in [-0.2, -0.15) is 0 Å². The Kier molecular flexibility index (Phi) is 6.11. The third-order valence-corrected chi connectivity index (χ3v) is 9.92. The van der Waals surface area contributed by atoms with Gasteiger partial charge >= 0.3 is 6.03 Å². The third kappa shape index (κ3) is 4.39. The van der Waals surface area contributed by atoms with Crippen molar-refractivity contribution in [1.29, 1.82) is 0 Å². The number of carbonyl (C=O) groups excluding carboxylic acids is 2. The molecule has 186 valence electrons. The van der Waals surface area contributed by atoms with E-state index in [-0.39, 0.29) is 30.1 Å². The van der Waals surface area contributed by atoms with Gasteiger partial charge in [0.25, 0.3) is 0 Å². The number of thiophene rings is 1. The van der Waals surface area contributed by atoms with E-state index in [1.165, 1.54) is 29.7 Å². The fourth-order valence-corrected chi connectivity index (χ4v) is 8.83. The summed E-state index contributed by atoms with van der Waals surface area (Å²) in [4.78, 5) is 32.5. The van der Waals surface area contributed by atoms with Gasteiger partial charge in [-0.1, -0.05) is 37.3 Å². The molecule has 1 aromatic carbocycles. The molecule has 4 bridgehead atoms. The minimum Gasteiger partial charge on any atom is -0.333 e. The Hall–Kier alpha value is -2.34. The Morgan fingerprint density at radius 2 is 1.74 bits per heavy atom. The van der Waals surface area contributed by atoms with Crippen molar-refractivity contribution in [2.24, 2.45) is 17.8 Å². The van der Waals surface area contributed by atoms with Crippen LogP contribution in [0.5, 0.6) is 0 Å². The second-order valence-corrected chi connectivity index (χ2v) is 12.5. The predicted molar refractivity (Wildman–Crippen MR) is 139 cm³/mol. The van der Waals surface area contributed by atoms with Gasteiger partial charge in [-0.25, -0.2) is 4.79 Å². The molecule has 1 aromatic heterocycles. The smallest absolute Gasteiger partial charge is 0.318 e. The summed E-state index contributed by atoms with van der Waals surface area (Å²) in [5.74, 6) is 2.39. The van der Waals surface area contributed by atoms with Crippen molar-refractivity contribution in [2.75, 3.05) is 19.6 Å². The summed E-state index contributed by atoms with van der Waals surface area (Å²) in [6, 6.07) is 12.4. The number of fused-ring (bicyclic) bond motifs is 1. The number of amides is 3. The average Bonchev–Trinajstić information content (AvgIpc) is 3.31. The highest BCUT2D eigenvalue weighted by Gasteiger charge is 2.52. The fourth-order valence-electron chi connectivity index (χ4n) is 7.93. The van der Waals surface area contributed by atoms with Crippen LogP contribution < -0.4 is 5.32 Å². The molecule has 6 heteroatoms. The second kappa shape index (κ2) is 9.27. The first-order chi connectivity index (χ1) is 17.0. The van der Waals surface area contributed by atoms with Crippen LogP contribution in [0.1, 0.15) is 73.9 Å². The maximum Gasteiger partial charge on any atom is 0.318 e. The molecule has 0 radical (unpaired) electrons. The highest BCUT2D eigenvalue weighted by atomic mass is 32.1. The molecule has 3 amide bonds. The molecule has 2 heterocycles. The lowest BCUT2D eigenvalue weighted by Crippen LogP contribution is -2.62. The van der Waals surface area contributed by atoms with Gasteiger partial charge in [-0.15, -0.1) is 11.3 Å². The lowest BCUT2D eigenvalue weighted by atomic mass is 9.53. The molecule has 1 unspecified atom stereocenters. The minimum absolute atomic E-state index is 0.0355. The van der Waals surface area contributed by atoms with E-state index < -0.39 is 0 Å². The van der Waals surface area contributed by atoms with Crippen LogP contribution in [0.3, 0.4) is 0 Å². The van der Waals surface area contributed by atoms with E-state index in [9.17, 15) is 9.59 Å². The molecule has 0 saturated heterocycles. The summed E-state index contributed by atoms with van der Waals surface area (Å²) < 4.78 is 0. The van der Waals surface area contributed by atoms with Crippen LogP contribution in [-0.4, -0.2) is 46.9 Å². The zero-order valence-corrected chi connectivity index (χ0v) is 21.6. The summed E-state index contributed by atoms with van der Waals surface area (Å²) >= 11 is 1.78. The van der Waals surface area contributed by atoms with Crippen molar-refractivity contribution in [3.63, 3.8) is 0 Å². The highest BCUT2D eigenvalue weighted by Crippen LogP contribution is 2.55. The number of hydrogen-bond donors (Lipinski definition) is 1. The normalized spacial score (nSPS) is 30.7. The Labute approximate surface area is 212 Å². The maximum absolute atomic E-state index is 13.8. The number of benzene rings is 1. The van der Waals surface area contributed by atoms with Crippen LogP contribution in [-0.2, 0) is 11.2 Å². The first-order valence-corrected chi connectivity index (χ1v) is 14.4. The summed E-state index contributed by atoms with van der Waals surface area (Å²) in [6.45, 7) is 3.54. The van der Waals surface area contributed by atoms with E-state index in [1.807, 2.05) is 23.1 Å². The zero-order chi connectivity index (χ0) is 24.0. The maximum atomic E-state index is 13.8. The first-order valence-electron chi connectivity index (χ1n) is 13.5. The molecular formula is C29H37N3O2S. The molecule has 1 atom stereocenters. The van der Waals surface area contributed by atoms with Crippen LogP contribution in [0.15, 0.2) is 41.8 Å². The van der Waals surface area contributed by atoms with E-state index in [1.54, 1.807) is 16.2 Å². The van der Waals surface area contributed by atoms with Crippen LogP contribution in [0.25, 0.3) is 0 Å². The average molecular weight is 492 g/mol. The molecule has 4 saturated carbocycles. The lowest BCUT2D eigenvalue weighted by Gasteiger charge is -2.57. The van der Waals surface area contributed by atoms with Crippen molar-refractivity contribution in [3.8, 4) is 0 Å². The number of rotatable bonds is 6. The third-order valence-electron chi connectivity index (χ3n) is 8.92. The van der Waals surface area contributed by atoms with Gasteiger partial charge in [-0.3, -0.25) is 4.79 Å². The SMILES string of the molecule is CCCN(CC(=O)N1CCc2sccc2C1c1ccccc1)C(=O)NC12CC3CC(CC(C3)C1)C2. The van der Waals surface area contributed by atoms with Crippen molar-refractivity contribution in [3.05, 3.63) is 57.8 Å². The van der Waals surface area contributed by atoms with Crippen LogP contribution in [0, 0.1) is 17.8 Å². The van der Waals surface area contributed by atoms with Gasteiger partial charge in [0.05, 0.1) is 6.04 Å². The molecule has 4 fully saturated rings. The van der Waals surface area contributed by atoms with E-state index in [0.29, 0.717) is 13.1 Å². The van der Waals surface area contributed by atoms with Gasteiger partial charge in [0.15, 0.2) is 0 Å². The van der Waals surface area contributed by atoms with Gasteiger partial charge in [-0.05, 0) is 91.7 Å². The van der Waals surface area contributed by atoms with Crippen molar-refractivity contribution < 1.29 is 9.59 Å². The molecule has 35 heavy (non-hydrogen) atoms. The number of hydrogen-bond acceptors (Lipinski definition) is 3. The van der Waals surface area contributed by atoms with Crippen LogP contribution >= 0.6 is 11.3 Å². The van der Waals surface area contributed by atoms with Crippen molar-refractivity contribution in [1.82, 2.24) is 15.1 Å². The minimum atomic E-state index is -0.0756. The molecule has 7 rings (SSSR count). The fraction of sp³-hybridized carbons (Fsp3) is 0.586. The van der Waals surface area contributed by atoms with E-state index in [0.717, 1.165) is 55.4 Å². The van der Waals surface area contributed by atoms with Crippen LogP contribution in [0.2, 0.25) is 0 Å². The van der Waals surface area contributed by atoms with E-state index >= 15 is 0 Å². The monoisotopic (exact) mass is 491 g/mol. The molecule has 5 aliphatic rings. The van der Waals surface area contributed by atoms with Crippen LogP contribution in [0.4, 0.5) is 4.79 Å². The largest absolute Gasteiger partial charge is 0.333 e. The Balaban J connectivity index is 1.19. The second-order valence-electron chi connectivity index (χ2n) is 11.5. The van der Waals surface area contributed by atoms with Gasteiger partial charge in [0.1, 0.15) is 6.54 Å². The standard InChI is InChI=1S/C29H37N3O2S/c1-2-10-31(28(34)30-29-16-20-13-21(17-29)15-22(14-20)18-29)19-26(33)32-11-8-25-24(9-12-35-25)27(32)23-6-4-3-5-7-23/h3-7,9,12,20-22,27H,2,8,10-11,13-19H2,1H3,(H,30,34). The molecule has 5 nitrogen and oxygen atoms in total. The molecule has 0 spiro atoms. The molecule has 1 aliphatic heterocycles. The van der Waals surface area contributed by atoms with Crippen molar-refractivity contribution >= 4 is 23.3 Å². The van der Waals surface area contributed by atoms with E-state index in [2.05, 4.69) is 35.8 Å². The topological polar surface area (TPSA) is 52.7 Å². The summed E-state index contributed by atoms with van der Waals surface area (Å²) in [6.07, 6.45) is 9.17. The van der Waals surface area contributed by atoms with Gasteiger partial charge in [0, 0.05) is 23.5 Å². The number of nitrogens with one attached hydrogen (secondary N) is 1. The summed E-state index contributed by atoms with van der Waals surface area (Å²) in [5, 5.41) is 5.63. The zero-order valence-electron chi connectivity index (χ0n) is 20.7. The van der Waals surface area contributed by atoms with Crippen molar-refractivity contribution in [2.45, 2.75) is 69.9 Å². The first kappa shape index (κ1) is 23.1. The van der Waals surface area contributed by atoms with Gasteiger partial charge in [0.2, 0.25) is 5.91 Å². The van der Waals surface area contributed by atoms with Gasteiger partial charge < -0.3 is 15.1 Å². The molecular weight excluding hydrogens is 454 g/mol. The Morgan fingerprint density at radius 3 is 2.40 bits per heavy atom. The number of urea groups is 1. The van der Waals surface area contributed by atoms with E-state index in [4.69, 9.17) is 0 Å². The predicted octanol–water partition coefficient (Wildman–Crippen LogP) is 5.61. The Bertz CT molecular complexity index is 1050. The lowest BCUT2D eigenvalue weighted by molar-refractivity contribution is -0.134. The number of carbonyl (C=O) groups is 2. The quantitative estimate of drug-likeness (QED) is 0.571. The number of nitrogens with zero attached hydrogens (tertiary/aromatic N) is 2. The summed E-state index contributed by atoms with van der Waals surface area (Å²) in [5.41, 5.74) is 2.34. The molecule has 2 aromatic rings. The Morgan fingerprint density at radius 1 is 1.06 bits per heavy atom. The molecule has 1 N–H and O–H groups in total. The summed E-state index contributed by atoms with van der Waals surface area (Å²) in [7, 11) is 0. The molecule has 4 aliphatic carbocycles. The highest BCUT2D eigenvalue weighted by molar-refractivity contribution is 7.10.